The number of piperazine rings is 1. The molecule has 0 spiro atoms. The van der Waals surface area contributed by atoms with Crippen molar-refractivity contribution < 1.29 is 13.2 Å². The zero-order valence-electron chi connectivity index (χ0n) is 15.1. The van der Waals surface area contributed by atoms with Crippen LogP contribution < -0.4 is 15.4 Å². The van der Waals surface area contributed by atoms with Crippen LogP contribution in [-0.2, 0) is 14.8 Å². The average Bonchev–Trinajstić information content (AvgIpc) is 2.54. The number of amides is 1. The van der Waals surface area contributed by atoms with Crippen molar-refractivity contribution >= 4 is 28.3 Å². The Morgan fingerprint density at radius 1 is 1.16 bits per heavy atom. The Hall–Kier alpha value is -0.410. The minimum atomic E-state index is -3.54. The third-order valence-corrected chi connectivity index (χ3v) is 6.20. The standard InChI is InChI=1S/C16H32N4O3S.ClH/c1-14-3-5-15(6-4-14)19-24(22,23)13-16(21)18-7-2-10-20-11-8-17-9-12-20;/h14-15,17,19H,2-13H2,1H3,(H,18,21);1H. The maximum Gasteiger partial charge on any atom is 0.236 e. The van der Waals surface area contributed by atoms with Crippen LogP contribution in [0.15, 0.2) is 0 Å². The number of sulfonamides is 1. The number of nitrogens with one attached hydrogen (secondary N) is 3. The third kappa shape index (κ3) is 9.19. The molecular weight excluding hydrogens is 364 g/mol. The lowest BCUT2D eigenvalue weighted by Crippen LogP contribution is -2.45. The van der Waals surface area contributed by atoms with Crippen LogP contribution in [0.4, 0.5) is 0 Å². The number of hydrogen-bond acceptors (Lipinski definition) is 5. The van der Waals surface area contributed by atoms with Crippen molar-refractivity contribution in [1.29, 1.82) is 0 Å². The summed E-state index contributed by atoms with van der Waals surface area (Å²) in [4.78, 5) is 14.2. The second-order valence-corrected chi connectivity index (χ2v) is 8.88. The van der Waals surface area contributed by atoms with Crippen molar-refractivity contribution in [2.45, 2.75) is 45.1 Å². The van der Waals surface area contributed by atoms with Crippen molar-refractivity contribution in [2.24, 2.45) is 5.92 Å². The summed E-state index contributed by atoms with van der Waals surface area (Å²) in [6, 6.07) is -0.00768. The third-order valence-electron chi connectivity index (χ3n) is 4.87. The highest BCUT2D eigenvalue weighted by atomic mass is 35.5. The van der Waals surface area contributed by atoms with Crippen molar-refractivity contribution in [3.63, 3.8) is 0 Å². The van der Waals surface area contributed by atoms with Gasteiger partial charge in [0.05, 0.1) is 0 Å². The van der Waals surface area contributed by atoms with E-state index in [2.05, 4.69) is 27.2 Å². The average molecular weight is 397 g/mol. The first-order chi connectivity index (χ1) is 11.4. The molecule has 0 aromatic carbocycles. The lowest BCUT2D eigenvalue weighted by molar-refractivity contribution is -0.118. The van der Waals surface area contributed by atoms with Crippen molar-refractivity contribution in [3.8, 4) is 0 Å². The number of carbonyl (C=O) groups is 1. The van der Waals surface area contributed by atoms with E-state index in [1.807, 2.05) is 0 Å². The first kappa shape index (κ1) is 22.6. The van der Waals surface area contributed by atoms with Crippen LogP contribution in [0.2, 0.25) is 0 Å². The van der Waals surface area contributed by atoms with Gasteiger partial charge in [0.25, 0.3) is 0 Å². The molecule has 7 nitrogen and oxygen atoms in total. The molecule has 2 aliphatic rings. The van der Waals surface area contributed by atoms with E-state index in [1.54, 1.807) is 0 Å². The summed E-state index contributed by atoms with van der Waals surface area (Å²) >= 11 is 0. The fourth-order valence-corrected chi connectivity index (χ4v) is 4.64. The van der Waals surface area contributed by atoms with Crippen LogP contribution in [0.5, 0.6) is 0 Å². The minimum Gasteiger partial charge on any atom is -0.355 e. The predicted molar refractivity (Wildman–Crippen MR) is 103 cm³/mol. The molecule has 1 heterocycles. The van der Waals surface area contributed by atoms with Crippen molar-refractivity contribution in [1.82, 2.24) is 20.3 Å². The van der Waals surface area contributed by atoms with Crippen LogP contribution in [0.25, 0.3) is 0 Å². The molecule has 1 aliphatic carbocycles. The van der Waals surface area contributed by atoms with Gasteiger partial charge in [0.2, 0.25) is 15.9 Å². The van der Waals surface area contributed by atoms with Crippen LogP contribution in [0.1, 0.15) is 39.0 Å². The number of hydrogen-bond donors (Lipinski definition) is 3. The Bertz CT molecular complexity index is 490. The highest BCUT2D eigenvalue weighted by Gasteiger charge is 2.24. The van der Waals surface area contributed by atoms with E-state index in [1.165, 1.54) is 0 Å². The van der Waals surface area contributed by atoms with Gasteiger partial charge in [-0.15, -0.1) is 12.4 Å². The maximum absolute atomic E-state index is 12.1. The SMILES string of the molecule is CC1CCC(NS(=O)(=O)CC(=O)NCCCN2CCNCC2)CC1.Cl. The highest BCUT2D eigenvalue weighted by molar-refractivity contribution is 7.90. The van der Waals surface area contributed by atoms with Gasteiger partial charge in [0.15, 0.2) is 0 Å². The Morgan fingerprint density at radius 2 is 1.80 bits per heavy atom. The van der Waals surface area contributed by atoms with Crippen molar-refractivity contribution in [2.75, 3.05) is 45.0 Å². The Labute approximate surface area is 158 Å². The van der Waals surface area contributed by atoms with E-state index in [9.17, 15) is 13.2 Å². The molecule has 1 saturated carbocycles. The van der Waals surface area contributed by atoms with E-state index in [4.69, 9.17) is 0 Å². The summed E-state index contributed by atoms with van der Waals surface area (Å²) in [5.41, 5.74) is 0. The van der Waals surface area contributed by atoms with Gasteiger partial charge in [-0.05, 0) is 44.6 Å². The number of nitrogens with zero attached hydrogens (tertiary/aromatic N) is 1. The van der Waals surface area contributed by atoms with Crippen molar-refractivity contribution in [3.05, 3.63) is 0 Å². The molecule has 2 fully saturated rings. The molecular formula is C16H33ClN4O3S. The summed E-state index contributed by atoms with van der Waals surface area (Å²) in [6.45, 7) is 7.75. The van der Waals surface area contributed by atoms with Gasteiger partial charge in [-0.25, -0.2) is 13.1 Å². The predicted octanol–water partition coefficient (Wildman–Crippen LogP) is 0.318. The van der Waals surface area contributed by atoms with Crippen LogP contribution in [0.3, 0.4) is 0 Å². The van der Waals surface area contributed by atoms with Crippen LogP contribution in [0, 0.1) is 5.92 Å². The van der Waals surface area contributed by atoms with Gasteiger partial charge in [-0.3, -0.25) is 4.79 Å². The Balaban J connectivity index is 0.00000312. The molecule has 0 bridgehead atoms. The minimum absolute atomic E-state index is 0. The lowest BCUT2D eigenvalue weighted by atomic mass is 9.88. The van der Waals surface area contributed by atoms with Gasteiger partial charge >= 0.3 is 0 Å². The van der Waals surface area contributed by atoms with E-state index in [0.29, 0.717) is 12.5 Å². The van der Waals surface area contributed by atoms with E-state index in [-0.39, 0.29) is 18.4 Å². The zero-order valence-corrected chi connectivity index (χ0v) is 16.8. The van der Waals surface area contributed by atoms with Gasteiger partial charge in [0, 0.05) is 38.8 Å². The van der Waals surface area contributed by atoms with E-state index in [0.717, 1.165) is 64.8 Å². The fourth-order valence-electron chi connectivity index (χ4n) is 3.36. The lowest BCUT2D eigenvalue weighted by Gasteiger charge is -2.27. The summed E-state index contributed by atoms with van der Waals surface area (Å²) < 4.78 is 26.9. The molecule has 2 rings (SSSR count). The molecule has 3 N–H and O–H groups in total. The first-order valence-corrected chi connectivity index (χ1v) is 10.8. The molecule has 1 amide bonds. The molecule has 0 unspecified atom stereocenters. The largest absolute Gasteiger partial charge is 0.355 e. The smallest absolute Gasteiger partial charge is 0.236 e. The number of carbonyl (C=O) groups excluding carboxylic acids is 1. The van der Waals surface area contributed by atoms with Gasteiger partial charge < -0.3 is 15.5 Å². The topological polar surface area (TPSA) is 90.5 Å². The fraction of sp³-hybridized carbons (Fsp3) is 0.938. The second-order valence-electron chi connectivity index (χ2n) is 7.13. The normalized spacial score (nSPS) is 25.2. The summed E-state index contributed by atoms with van der Waals surface area (Å²) in [7, 11) is -3.54. The summed E-state index contributed by atoms with van der Waals surface area (Å²) in [6.07, 6.45) is 4.68. The summed E-state index contributed by atoms with van der Waals surface area (Å²) in [5.74, 6) is -0.205. The monoisotopic (exact) mass is 396 g/mol. The number of rotatable bonds is 8. The van der Waals surface area contributed by atoms with E-state index < -0.39 is 21.7 Å². The Kier molecular flexibility index (Phi) is 10.3. The van der Waals surface area contributed by atoms with Gasteiger partial charge in [-0.2, -0.15) is 0 Å². The first-order valence-electron chi connectivity index (χ1n) is 9.14. The van der Waals surface area contributed by atoms with Crippen LogP contribution in [-0.4, -0.2) is 70.3 Å². The highest BCUT2D eigenvalue weighted by Crippen LogP contribution is 2.23. The van der Waals surface area contributed by atoms with Crippen LogP contribution >= 0.6 is 12.4 Å². The molecule has 0 radical (unpaired) electrons. The quantitative estimate of drug-likeness (QED) is 0.514. The van der Waals surface area contributed by atoms with Gasteiger partial charge in [0.1, 0.15) is 5.75 Å². The van der Waals surface area contributed by atoms with Gasteiger partial charge in [-0.1, -0.05) is 6.92 Å². The molecule has 0 atom stereocenters. The number of halogens is 1. The second kappa shape index (κ2) is 11.3. The molecule has 9 heteroatoms. The molecule has 0 aromatic heterocycles. The molecule has 1 aliphatic heterocycles. The maximum atomic E-state index is 12.1. The summed E-state index contributed by atoms with van der Waals surface area (Å²) in [5, 5.41) is 6.02. The molecule has 0 aromatic rings. The van der Waals surface area contributed by atoms with E-state index >= 15 is 0 Å². The zero-order chi connectivity index (χ0) is 17.4. The molecule has 148 valence electrons. The Morgan fingerprint density at radius 3 is 2.44 bits per heavy atom. The molecule has 1 saturated heterocycles. The molecule has 25 heavy (non-hydrogen) atoms.